The summed E-state index contributed by atoms with van der Waals surface area (Å²) in [5, 5.41) is 9.80. The molecule has 2 aliphatic rings. The second kappa shape index (κ2) is 14.9. The van der Waals surface area contributed by atoms with Crippen LogP contribution in [-0.4, -0.2) is 79.1 Å². The number of carbonyl (C=O) groups is 2. The van der Waals surface area contributed by atoms with Crippen LogP contribution in [0, 0.1) is 0 Å². The molecule has 1 heterocycles. The van der Waals surface area contributed by atoms with E-state index in [0.29, 0.717) is 49.8 Å². The molecule has 0 aromatic heterocycles. The summed E-state index contributed by atoms with van der Waals surface area (Å²) >= 11 is 0. The third-order valence-electron chi connectivity index (χ3n) is 8.20. The number of amides is 2. The maximum absolute atomic E-state index is 14.7. The summed E-state index contributed by atoms with van der Waals surface area (Å²) in [5.41, 5.74) is 4.64. The zero-order valence-corrected chi connectivity index (χ0v) is 28.1. The van der Waals surface area contributed by atoms with Crippen molar-refractivity contribution in [1.29, 1.82) is 0 Å². The summed E-state index contributed by atoms with van der Waals surface area (Å²) in [6.07, 6.45) is 2.68. The summed E-state index contributed by atoms with van der Waals surface area (Å²) in [6.45, 7) is 7.61. The van der Waals surface area contributed by atoms with Gasteiger partial charge in [0.15, 0.2) is 0 Å². The molecule has 0 saturated heterocycles. The van der Waals surface area contributed by atoms with Crippen molar-refractivity contribution in [2.45, 2.75) is 64.6 Å². The number of aromatic hydroxyl groups is 1. The van der Waals surface area contributed by atoms with E-state index in [9.17, 15) is 14.7 Å². The molecular weight excluding hydrogens is 596 g/mol. The van der Waals surface area contributed by atoms with Crippen LogP contribution in [-0.2, 0) is 20.8 Å². The largest absolute Gasteiger partial charge is 0.508 e. The smallest absolute Gasteiger partial charge is 0.410 e. The highest BCUT2D eigenvalue weighted by molar-refractivity contribution is 6.03. The minimum absolute atomic E-state index is 0.0869. The molecule has 1 saturated carbocycles. The Morgan fingerprint density at radius 1 is 0.915 bits per heavy atom. The first-order chi connectivity index (χ1) is 22.5. The molecule has 0 radical (unpaired) electrons. The predicted octanol–water partition coefficient (Wildman–Crippen LogP) is 7.07. The van der Waals surface area contributed by atoms with Gasteiger partial charge in [0, 0.05) is 50.9 Å². The predicted molar refractivity (Wildman–Crippen MR) is 181 cm³/mol. The minimum Gasteiger partial charge on any atom is -0.508 e. The third-order valence-corrected chi connectivity index (χ3v) is 8.20. The zero-order chi connectivity index (χ0) is 33.6. The molecule has 3 aromatic rings. The molecule has 0 atom stereocenters. The van der Waals surface area contributed by atoms with Gasteiger partial charge in [-0.25, -0.2) is 4.79 Å². The SMILES string of the molecule is COCCCOc1cc(CN(C(=O)C2=C(c3cccc(-c4ccc(O)cc4)c3)CCN(C(=O)OC(C)(C)C)C2)C2CC2)cc(OC)c1. The number of hydrogen-bond acceptors (Lipinski definition) is 7. The summed E-state index contributed by atoms with van der Waals surface area (Å²) in [6, 6.07) is 21.0. The molecule has 0 bridgehead atoms. The Hall–Kier alpha value is -4.50. The number of carbonyl (C=O) groups excluding carboxylic acids is 2. The van der Waals surface area contributed by atoms with E-state index >= 15 is 0 Å². The lowest BCUT2D eigenvalue weighted by Gasteiger charge is -2.34. The second-order valence-corrected chi connectivity index (χ2v) is 13.1. The zero-order valence-electron chi connectivity index (χ0n) is 28.1. The Balaban J connectivity index is 1.49. The van der Waals surface area contributed by atoms with Gasteiger partial charge in [-0.3, -0.25) is 4.79 Å². The van der Waals surface area contributed by atoms with E-state index in [1.165, 1.54) is 0 Å². The highest BCUT2D eigenvalue weighted by atomic mass is 16.6. The molecule has 3 aromatic carbocycles. The van der Waals surface area contributed by atoms with Crippen LogP contribution in [0.1, 0.15) is 57.6 Å². The quantitative estimate of drug-likeness (QED) is 0.211. The molecule has 0 unspecified atom stereocenters. The number of benzene rings is 3. The lowest BCUT2D eigenvalue weighted by molar-refractivity contribution is -0.128. The molecule has 1 aliphatic carbocycles. The van der Waals surface area contributed by atoms with E-state index < -0.39 is 11.7 Å². The van der Waals surface area contributed by atoms with Crippen LogP contribution in [0.3, 0.4) is 0 Å². The van der Waals surface area contributed by atoms with E-state index in [4.69, 9.17) is 18.9 Å². The summed E-state index contributed by atoms with van der Waals surface area (Å²) in [5.74, 6) is 1.46. The van der Waals surface area contributed by atoms with Crippen LogP contribution in [0.25, 0.3) is 16.7 Å². The van der Waals surface area contributed by atoms with E-state index in [1.54, 1.807) is 31.3 Å². The Labute approximate surface area is 277 Å². The van der Waals surface area contributed by atoms with Crippen LogP contribution in [0.5, 0.6) is 17.2 Å². The van der Waals surface area contributed by atoms with Gasteiger partial charge in [-0.15, -0.1) is 0 Å². The van der Waals surface area contributed by atoms with Gasteiger partial charge in [0.25, 0.3) is 5.91 Å². The first kappa shape index (κ1) is 33.9. The third kappa shape index (κ3) is 9.07. The second-order valence-electron chi connectivity index (χ2n) is 13.1. The van der Waals surface area contributed by atoms with Gasteiger partial charge >= 0.3 is 6.09 Å². The lowest BCUT2D eigenvalue weighted by Crippen LogP contribution is -2.44. The van der Waals surface area contributed by atoms with Crippen LogP contribution >= 0.6 is 0 Å². The molecule has 9 heteroatoms. The Kier molecular flexibility index (Phi) is 10.8. The van der Waals surface area contributed by atoms with Crippen molar-refractivity contribution < 1.29 is 33.6 Å². The molecule has 5 rings (SSSR count). The lowest BCUT2D eigenvalue weighted by atomic mass is 9.90. The molecule has 9 nitrogen and oxygen atoms in total. The summed E-state index contributed by atoms with van der Waals surface area (Å²) in [4.78, 5) is 31.5. The van der Waals surface area contributed by atoms with Crippen LogP contribution < -0.4 is 9.47 Å². The number of rotatable bonds is 12. The number of ether oxygens (including phenoxy) is 4. The normalized spacial score (nSPS) is 15.0. The van der Waals surface area contributed by atoms with Gasteiger partial charge in [0.1, 0.15) is 22.8 Å². The van der Waals surface area contributed by atoms with Crippen molar-refractivity contribution in [2.24, 2.45) is 0 Å². The van der Waals surface area contributed by atoms with Crippen LogP contribution in [0.2, 0.25) is 0 Å². The fraction of sp³-hybridized carbons (Fsp3) is 0.421. The number of methoxy groups -OCH3 is 2. The summed E-state index contributed by atoms with van der Waals surface area (Å²) < 4.78 is 22.4. The van der Waals surface area contributed by atoms with E-state index in [2.05, 4.69) is 6.07 Å². The van der Waals surface area contributed by atoms with Crippen molar-refractivity contribution >= 4 is 17.6 Å². The van der Waals surface area contributed by atoms with E-state index in [1.807, 2.05) is 74.2 Å². The van der Waals surface area contributed by atoms with Gasteiger partial charge in [0.2, 0.25) is 0 Å². The minimum atomic E-state index is -0.653. The van der Waals surface area contributed by atoms with Crippen LogP contribution in [0.4, 0.5) is 4.79 Å². The number of nitrogens with zero attached hydrogens (tertiary/aromatic N) is 2. The van der Waals surface area contributed by atoms with Gasteiger partial charge < -0.3 is 33.9 Å². The first-order valence-corrected chi connectivity index (χ1v) is 16.2. The maximum atomic E-state index is 14.7. The van der Waals surface area contributed by atoms with Crippen molar-refractivity contribution in [3.63, 3.8) is 0 Å². The highest BCUT2D eigenvalue weighted by Crippen LogP contribution is 2.36. The summed E-state index contributed by atoms with van der Waals surface area (Å²) in [7, 11) is 3.29. The topological polar surface area (TPSA) is 97.8 Å². The van der Waals surface area contributed by atoms with Crippen LogP contribution in [0.15, 0.2) is 72.3 Å². The van der Waals surface area contributed by atoms with E-state index in [-0.39, 0.29) is 24.2 Å². The number of hydrogen-bond donors (Lipinski definition) is 1. The molecule has 250 valence electrons. The number of phenolic OH excluding ortho intramolecular Hbond substituents is 1. The van der Waals surface area contributed by atoms with Crippen molar-refractivity contribution in [3.05, 3.63) is 83.4 Å². The molecule has 2 amide bonds. The number of phenols is 1. The molecule has 1 aliphatic heterocycles. The molecular formula is C38H46N2O7. The van der Waals surface area contributed by atoms with Gasteiger partial charge in [0.05, 0.1) is 20.3 Å². The maximum Gasteiger partial charge on any atom is 0.410 e. The van der Waals surface area contributed by atoms with Gasteiger partial charge in [-0.05, 0) is 98.2 Å². The average Bonchev–Trinajstić information content (AvgIpc) is 3.90. The van der Waals surface area contributed by atoms with Crippen molar-refractivity contribution in [2.75, 3.05) is 40.5 Å². The Morgan fingerprint density at radius 2 is 1.64 bits per heavy atom. The van der Waals surface area contributed by atoms with Gasteiger partial charge in [-0.2, -0.15) is 0 Å². The molecule has 47 heavy (non-hydrogen) atoms. The fourth-order valence-electron chi connectivity index (χ4n) is 5.74. The standard InChI is InChI=1S/C38H46N2O7/c1-38(2,3)47-37(43)39-17-16-34(29-9-6-8-28(22-29)27-10-14-31(41)15-11-27)35(25-39)36(42)40(30-12-13-30)24-26-20-32(45-5)23-33(21-26)46-19-7-18-44-4/h6,8-11,14-15,20-23,30,41H,7,12-13,16-19,24-25H2,1-5H3. The van der Waals surface area contributed by atoms with Crippen molar-refractivity contribution in [1.82, 2.24) is 9.80 Å². The first-order valence-electron chi connectivity index (χ1n) is 16.2. The fourth-order valence-corrected chi connectivity index (χ4v) is 5.74. The highest BCUT2D eigenvalue weighted by Gasteiger charge is 2.38. The molecule has 0 spiro atoms. The molecule has 1 fully saturated rings. The van der Waals surface area contributed by atoms with Gasteiger partial charge in [-0.1, -0.05) is 30.3 Å². The average molecular weight is 643 g/mol. The molecule has 1 N–H and O–H groups in total. The monoisotopic (exact) mass is 642 g/mol. The Bertz CT molecular complexity index is 1590. The Morgan fingerprint density at radius 3 is 2.32 bits per heavy atom. The van der Waals surface area contributed by atoms with E-state index in [0.717, 1.165) is 47.1 Å². The van der Waals surface area contributed by atoms with Crippen molar-refractivity contribution in [3.8, 4) is 28.4 Å².